The third-order valence-electron chi connectivity index (χ3n) is 4.60. The molecule has 2 heterocycles. The summed E-state index contributed by atoms with van der Waals surface area (Å²) in [5, 5.41) is 3.53. The molecule has 1 aliphatic rings. The molecule has 0 saturated carbocycles. The minimum atomic E-state index is -0.323. The first kappa shape index (κ1) is 18.6. The summed E-state index contributed by atoms with van der Waals surface area (Å²) in [6.45, 7) is 8.52. The second-order valence-electron chi connectivity index (χ2n) is 7.58. The number of nitrogens with one attached hydrogen (secondary N) is 1. The number of aromatic nitrogens is 1. The van der Waals surface area contributed by atoms with Gasteiger partial charge in [-0.3, -0.25) is 9.59 Å². The Labute approximate surface area is 158 Å². The lowest BCUT2D eigenvalue weighted by Crippen LogP contribution is -2.42. The maximum Gasteiger partial charge on any atom is 0.231 e. The summed E-state index contributed by atoms with van der Waals surface area (Å²) in [5.41, 5.74) is 1.71. The molecule has 0 radical (unpaired) electrons. The van der Waals surface area contributed by atoms with Gasteiger partial charge in [-0.2, -0.15) is 0 Å². The highest BCUT2D eigenvalue weighted by atomic mass is 32.1. The maximum atomic E-state index is 12.7. The number of nitrogens with zero attached hydrogens (tertiary/aromatic N) is 2. The maximum absolute atomic E-state index is 12.7. The molecule has 2 aromatic rings. The number of likely N-dealkylation sites (tertiary alicyclic amines) is 1. The Morgan fingerprint density at radius 3 is 2.58 bits per heavy atom. The lowest BCUT2D eigenvalue weighted by atomic mass is 10.1. The highest BCUT2D eigenvalue weighted by Crippen LogP contribution is 2.32. The van der Waals surface area contributed by atoms with Crippen molar-refractivity contribution in [3.05, 3.63) is 35.2 Å². The fourth-order valence-corrected chi connectivity index (χ4v) is 4.13. The van der Waals surface area contributed by atoms with E-state index >= 15 is 0 Å². The van der Waals surface area contributed by atoms with Crippen LogP contribution < -0.4 is 5.32 Å². The van der Waals surface area contributed by atoms with Gasteiger partial charge in [-0.25, -0.2) is 4.98 Å². The first-order valence-corrected chi connectivity index (χ1v) is 9.77. The van der Waals surface area contributed by atoms with Crippen LogP contribution in [-0.2, 0) is 16.0 Å². The van der Waals surface area contributed by atoms with Crippen LogP contribution in [0.15, 0.2) is 30.3 Å². The van der Waals surface area contributed by atoms with Gasteiger partial charge in [0, 0.05) is 28.9 Å². The Kier molecular flexibility index (Phi) is 5.14. The third-order valence-corrected chi connectivity index (χ3v) is 5.72. The fourth-order valence-electron chi connectivity index (χ4n) is 3.21. The molecule has 3 rings (SSSR count). The average molecular weight is 372 g/mol. The molecule has 26 heavy (non-hydrogen) atoms. The summed E-state index contributed by atoms with van der Waals surface area (Å²) in [6.07, 6.45) is 1.12. The Balaban J connectivity index is 1.75. The first-order valence-electron chi connectivity index (χ1n) is 8.96. The number of thiazole rings is 1. The molecule has 0 spiro atoms. The number of rotatable bonds is 4. The second kappa shape index (κ2) is 7.19. The molecule has 138 valence electrons. The smallest absolute Gasteiger partial charge is 0.231 e. The van der Waals surface area contributed by atoms with Crippen LogP contribution in [0.25, 0.3) is 11.3 Å². The molecular formula is C20H25N3O2S. The minimum absolute atomic E-state index is 0.0380. The van der Waals surface area contributed by atoms with E-state index in [4.69, 9.17) is 0 Å². The monoisotopic (exact) mass is 371 g/mol. The molecule has 1 fully saturated rings. The van der Waals surface area contributed by atoms with E-state index in [0.717, 1.165) is 22.6 Å². The topological polar surface area (TPSA) is 62.3 Å². The Bertz CT molecular complexity index is 808. The van der Waals surface area contributed by atoms with Gasteiger partial charge in [-0.15, -0.1) is 11.3 Å². The fraction of sp³-hybridized carbons (Fsp3) is 0.450. The van der Waals surface area contributed by atoms with Crippen molar-refractivity contribution in [1.29, 1.82) is 0 Å². The quantitative estimate of drug-likeness (QED) is 0.885. The molecule has 5 nitrogen and oxygen atoms in total. The van der Waals surface area contributed by atoms with Crippen molar-refractivity contribution < 1.29 is 9.59 Å². The van der Waals surface area contributed by atoms with Crippen LogP contribution in [0, 0.1) is 5.92 Å². The number of hydrogen-bond acceptors (Lipinski definition) is 4. The summed E-state index contributed by atoms with van der Waals surface area (Å²) in [4.78, 5) is 32.4. The lowest BCUT2D eigenvalue weighted by Gasteiger charge is -2.31. The molecule has 1 aromatic carbocycles. The van der Waals surface area contributed by atoms with Crippen LogP contribution in [-0.4, -0.2) is 33.8 Å². The van der Waals surface area contributed by atoms with Crippen LogP contribution in [0.4, 0.5) is 5.13 Å². The van der Waals surface area contributed by atoms with E-state index in [9.17, 15) is 9.59 Å². The summed E-state index contributed by atoms with van der Waals surface area (Å²) in [5.74, 6) is -0.409. The molecule has 2 amide bonds. The predicted octanol–water partition coefficient (Wildman–Crippen LogP) is 3.96. The van der Waals surface area contributed by atoms with Crippen molar-refractivity contribution in [3.8, 4) is 11.3 Å². The summed E-state index contributed by atoms with van der Waals surface area (Å²) >= 11 is 1.51. The number of aryl methyl sites for hydroxylation is 1. The predicted molar refractivity (Wildman–Crippen MR) is 105 cm³/mol. The van der Waals surface area contributed by atoms with E-state index in [1.165, 1.54) is 11.3 Å². The Morgan fingerprint density at radius 2 is 2.00 bits per heavy atom. The number of benzene rings is 1. The van der Waals surface area contributed by atoms with Crippen molar-refractivity contribution in [1.82, 2.24) is 9.88 Å². The zero-order valence-electron chi connectivity index (χ0n) is 15.7. The number of anilines is 1. The number of carbonyl (C=O) groups excluding carboxylic acids is 2. The van der Waals surface area contributed by atoms with Gasteiger partial charge >= 0.3 is 0 Å². The van der Waals surface area contributed by atoms with E-state index in [1.807, 2.05) is 51.1 Å². The second-order valence-corrected chi connectivity index (χ2v) is 8.66. The van der Waals surface area contributed by atoms with Gasteiger partial charge in [-0.1, -0.05) is 37.3 Å². The van der Waals surface area contributed by atoms with Gasteiger partial charge < -0.3 is 10.2 Å². The standard InChI is InChI=1S/C20H25N3O2S/c1-5-15-17(13-9-7-6-8-10-13)21-19(26-15)22-18(25)14-11-16(24)23(12-14)20(2,3)4/h6-10,14H,5,11-12H2,1-4H3,(H,21,22,25). The first-order chi connectivity index (χ1) is 12.3. The van der Waals surface area contributed by atoms with Crippen LogP contribution in [0.3, 0.4) is 0 Å². The highest BCUT2D eigenvalue weighted by Gasteiger charge is 2.39. The average Bonchev–Trinajstić information content (AvgIpc) is 3.18. The van der Waals surface area contributed by atoms with E-state index in [-0.39, 0.29) is 29.7 Å². The van der Waals surface area contributed by atoms with Gasteiger partial charge in [-0.05, 0) is 27.2 Å². The Hall–Kier alpha value is -2.21. The highest BCUT2D eigenvalue weighted by molar-refractivity contribution is 7.16. The van der Waals surface area contributed by atoms with E-state index in [2.05, 4.69) is 17.2 Å². The largest absolute Gasteiger partial charge is 0.337 e. The Morgan fingerprint density at radius 1 is 1.31 bits per heavy atom. The van der Waals surface area contributed by atoms with Crippen molar-refractivity contribution in [2.45, 2.75) is 46.1 Å². The summed E-state index contributed by atoms with van der Waals surface area (Å²) in [7, 11) is 0. The lowest BCUT2D eigenvalue weighted by molar-refractivity contribution is -0.131. The van der Waals surface area contributed by atoms with Crippen LogP contribution in [0.5, 0.6) is 0 Å². The number of amides is 2. The van der Waals surface area contributed by atoms with Crippen molar-refractivity contribution in [2.75, 3.05) is 11.9 Å². The van der Waals surface area contributed by atoms with E-state index < -0.39 is 0 Å². The minimum Gasteiger partial charge on any atom is -0.337 e. The molecule has 1 saturated heterocycles. The van der Waals surface area contributed by atoms with Crippen molar-refractivity contribution in [3.63, 3.8) is 0 Å². The molecule has 6 heteroatoms. The zero-order chi connectivity index (χ0) is 18.9. The number of carbonyl (C=O) groups is 2. The molecule has 1 atom stereocenters. The molecule has 0 bridgehead atoms. The molecule has 0 aliphatic carbocycles. The number of hydrogen-bond donors (Lipinski definition) is 1. The van der Waals surface area contributed by atoms with Crippen LogP contribution in [0.2, 0.25) is 0 Å². The van der Waals surface area contributed by atoms with Crippen molar-refractivity contribution in [2.24, 2.45) is 5.92 Å². The molecule has 1 aliphatic heterocycles. The summed E-state index contributed by atoms with van der Waals surface area (Å²) < 4.78 is 0. The van der Waals surface area contributed by atoms with Gasteiger partial charge in [0.05, 0.1) is 11.6 Å². The molecule has 1 unspecified atom stereocenters. The molecule has 1 N–H and O–H groups in total. The molecular weight excluding hydrogens is 346 g/mol. The van der Waals surface area contributed by atoms with Gasteiger partial charge in [0.25, 0.3) is 0 Å². The summed E-state index contributed by atoms with van der Waals surface area (Å²) in [6, 6.07) is 9.99. The van der Waals surface area contributed by atoms with Crippen LogP contribution >= 0.6 is 11.3 Å². The van der Waals surface area contributed by atoms with E-state index in [0.29, 0.717) is 11.7 Å². The SMILES string of the molecule is CCc1sc(NC(=O)C2CC(=O)N(C(C)(C)C)C2)nc1-c1ccccc1. The van der Waals surface area contributed by atoms with E-state index in [1.54, 1.807) is 4.90 Å². The van der Waals surface area contributed by atoms with Gasteiger partial charge in [0.2, 0.25) is 11.8 Å². The van der Waals surface area contributed by atoms with Gasteiger partial charge in [0.1, 0.15) is 0 Å². The van der Waals surface area contributed by atoms with Crippen molar-refractivity contribution >= 4 is 28.3 Å². The normalized spacial score (nSPS) is 17.6. The zero-order valence-corrected chi connectivity index (χ0v) is 16.5. The van der Waals surface area contributed by atoms with Gasteiger partial charge in [0.15, 0.2) is 5.13 Å². The van der Waals surface area contributed by atoms with Crippen LogP contribution in [0.1, 0.15) is 39.0 Å². The third kappa shape index (κ3) is 3.80. The molecule has 1 aromatic heterocycles.